The molecule has 3 aromatic carbocycles. The number of aryl methyl sites for hydroxylation is 1. The van der Waals surface area contributed by atoms with Crippen molar-refractivity contribution in [3.8, 4) is 11.5 Å². The molecule has 1 N–H and O–H groups in total. The SMILES string of the molecule is CCOC(=O)CC(c1cccc(OCc2ccccc2)c1)n1ccc2cc(OCCc3ccc4c(n3)N(C(=O)O)CCC4)ccc21. The molecule has 0 saturated carbocycles. The molecule has 2 aromatic heterocycles. The van der Waals surface area contributed by atoms with E-state index in [1.54, 1.807) is 0 Å². The third-order valence-electron chi connectivity index (χ3n) is 8.14. The van der Waals surface area contributed by atoms with Gasteiger partial charge < -0.3 is 23.9 Å². The highest BCUT2D eigenvalue weighted by molar-refractivity contribution is 5.86. The molecule has 0 saturated heterocycles. The lowest BCUT2D eigenvalue weighted by molar-refractivity contribution is -0.143. The molecule has 1 atom stereocenters. The van der Waals surface area contributed by atoms with Gasteiger partial charge in [0.15, 0.2) is 0 Å². The second-order valence-electron chi connectivity index (χ2n) is 11.2. The second kappa shape index (κ2) is 14.2. The number of aromatic nitrogens is 2. The van der Waals surface area contributed by atoms with Crippen molar-refractivity contribution in [3.63, 3.8) is 0 Å². The number of pyridine rings is 1. The Bertz CT molecular complexity index is 1820. The predicted molar refractivity (Wildman–Crippen MR) is 176 cm³/mol. The predicted octanol–water partition coefficient (Wildman–Crippen LogP) is 7.21. The number of fused-ring (bicyclic) bond motifs is 2. The largest absolute Gasteiger partial charge is 0.493 e. The van der Waals surface area contributed by atoms with Crippen molar-refractivity contribution in [1.29, 1.82) is 0 Å². The number of esters is 1. The van der Waals surface area contributed by atoms with E-state index in [0.717, 1.165) is 51.9 Å². The number of hydrogen-bond acceptors (Lipinski definition) is 6. The van der Waals surface area contributed by atoms with Crippen LogP contribution in [0.5, 0.6) is 11.5 Å². The number of nitrogens with zero attached hydrogens (tertiary/aromatic N) is 3. The lowest BCUT2D eigenvalue weighted by atomic mass is 10.0. The van der Waals surface area contributed by atoms with Crippen LogP contribution in [0.2, 0.25) is 0 Å². The van der Waals surface area contributed by atoms with Gasteiger partial charge in [-0.1, -0.05) is 48.5 Å². The van der Waals surface area contributed by atoms with Crippen LogP contribution in [-0.2, 0) is 29.0 Å². The van der Waals surface area contributed by atoms with Gasteiger partial charge in [0.05, 0.1) is 25.7 Å². The van der Waals surface area contributed by atoms with E-state index in [2.05, 4.69) is 9.55 Å². The van der Waals surface area contributed by atoms with Gasteiger partial charge in [-0.2, -0.15) is 0 Å². The van der Waals surface area contributed by atoms with E-state index in [1.807, 2.05) is 104 Å². The van der Waals surface area contributed by atoms with Crippen molar-refractivity contribution < 1.29 is 28.9 Å². The lowest BCUT2D eigenvalue weighted by Gasteiger charge is -2.26. The van der Waals surface area contributed by atoms with Crippen LogP contribution in [-0.4, -0.2) is 46.5 Å². The fraction of sp³-hybridized carbons (Fsp3) is 0.270. The Morgan fingerprint density at radius 1 is 0.935 bits per heavy atom. The molecule has 0 bridgehead atoms. The molecule has 0 spiro atoms. The average molecular weight is 620 g/mol. The minimum Gasteiger partial charge on any atom is -0.493 e. The average Bonchev–Trinajstić information content (AvgIpc) is 3.49. The molecule has 0 aliphatic carbocycles. The molecular weight excluding hydrogens is 582 g/mol. The number of rotatable bonds is 12. The number of benzene rings is 3. The summed E-state index contributed by atoms with van der Waals surface area (Å²) < 4.78 is 19.6. The summed E-state index contributed by atoms with van der Waals surface area (Å²) in [6.07, 6.45) is 3.36. The first-order chi connectivity index (χ1) is 22.5. The zero-order valence-electron chi connectivity index (χ0n) is 25.8. The van der Waals surface area contributed by atoms with E-state index >= 15 is 0 Å². The van der Waals surface area contributed by atoms with Gasteiger partial charge in [-0.15, -0.1) is 0 Å². The molecular formula is C37H37N3O6. The number of amides is 1. The van der Waals surface area contributed by atoms with Crippen LogP contribution in [0.4, 0.5) is 10.6 Å². The van der Waals surface area contributed by atoms with Crippen LogP contribution in [0.25, 0.3) is 10.9 Å². The summed E-state index contributed by atoms with van der Waals surface area (Å²) in [5, 5.41) is 10.5. The molecule has 0 fully saturated rings. The molecule has 5 aromatic rings. The van der Waals surface area contributed by atoms with E-state index in [9.17, 15) is 14.7 Å². The van der Waals surface area contributed by atoms with E-state index < -0.39 is 6.09 Å². The fourth-order valence-electron chi connectivity index (χ4n) is 5.89. The Labute approximate surface area is 268 Å². The highest BCUT2D eigenvalue weighted by atomic mass is 16.5. The number of ether oxygens (including phenoxy) is 3. The maximum atomic E-state index is 12.8. The molecule has 1 aliphatic rings. The quantitative estimate of drug-likeness (QED) is 0.147. The summed E-state index contributed by atoms with van der Waals surface area (Å²) in [7, 11) is 0. The molecule has 9 heteroatoms. The van der Waals surface area contributed by atoms with Gasteiger partial charge in [0.2, 0.25) is 0 Å². The number of carbonyl (C=O) groups excluding carboxylic acids is 1. The standard InChI is InChI=1S/C37H37N3O6/c1-2-44-35(41)24-34(28-10-6-12-31(22-28)46-25-26-8-4-3-5-9-26)39-20-17-29-23-32(15-16-33(29)39)45-21-18-30-14-13-27-11-7-19-40(37(42)43)36(27)38-30/h3-6,8-10,12-17,20,22-23,34H,2,7,11,18-19,21,24-25H2,1H3,(H,42,43). The molecule has 1 unspecified atom stereocenters. The molecule has 46 heavy (non-hydrogen) atoms. The minimum absolute atomic E-state index is 0.172. The molecule has 9 nitrogen and oxygen atoms in total. The lowest BCUT2D eigenvalue weighted by Crippen LogP contribution is -2.35. The number of hydrogen-bond donors (Lipinski definition) is 1. The van der Waals surface area contributed by atoms with Crippen LogP contribution in [0.1, 0.15) is 48.2 Å². The van der Waals surface area contributed by atoms with Crippen LogP contribution in [0.15, 0.2) is 97.2 Å². The molecule has 1 amide bonds. The van der Waals surface area contributed by atoms with E-state index in [4.69, 9.17) is 14.2 Å². The highest BCUT2D eigenvalue weighted by Crippen LogP contribution is 2.32. The molecule has 3 heterocycles. The van der Waals surface area contributed by atoms with Crippen molar-refractivity contribution in [3.05, 3.63) is 120 Å². The van der Waals surface area contributed by atoms with Gasteiger partial charge in [-0.25, -0.2) is 9.78 Å². The van der Waals surface area contributed by atoms with Crippen LogP contribution in [0.3, 0.4) is 0 Å². The molecule has 1 aliphatic heterocycles. The third-order valence-corrected chi connectivity index (χ3v) is 8.14. The zero-order valence-corrected chi connectivity index (χ0v) is 25.8. The van der Waals surface area contributed by atoms with E-state index in [-0.39, 0.29) is 18.4 Å². The summed E-state index contributed by atoms with van der Waals surface area (Å²) >= 11 is 0. The topological polar surface area (TPSA) is 103 Å². The summed E-state index contributed by atoms with van der Waals surface area (Å²) in [6, 6.07) is 29.4. The first kappa shape index (κ1) is 30.7. The summed E-state index contributed by atoms with van der Waals surface area (Å²) in [4.78, 5) is 30.4. The van der Waals surface area contributed by atoms with Crippen molar-refractivity contribution in [2.24, 2.45) is 0 Å². The van der Waals surface area contributed by atoms with Gasteiger partial charge in [0, 0.05) is 35.8 Å². The van der Waals surface area contributed by atoms with Crippen molar-refractivity contribution in [2.45, 2.75) is 45.3 Å². The zero-order chi connectivity index (χ0) is 31.9. The van der Waals surface area contributed by atoms with Gasteiger partial charge in [0.25, 0.3) is 0 Å². The Morgan fingerprint density at radius 3 is 2.61 bits per heavy atom. The van der Waals surface area contributed by atoms with Crippen LogP contribution >= 0.6 is 0 Å². The van der Waals surface area contributed by atoms with E-state index in [0.29, 0.717) is 44.4 Å². The third kappa shape index (κ3) is 7.15. The Balaban J connectivity index is 1.17. The van der Waals surface area contributed by atoms with E-state index in [1.165, 1.54) is 4.90 Å². The van der Waals surface area contributed by atoms with Gasteiger partial charge in [-0.05, 0) is 78.9 Å². The molecule has 6 rings (SSSR count). The van der Waals surface area contributed by atoms with Crippen molar-refractivity contribution in [1.82, 2.24) is 9.55 Å². The summed E-state index contributed by atoms with van der Waals surface area (Å²) in [5.41, 5.74) is 4.73. The van der Waals surface area contributed by atoms with Crippen molar-refractivity contribution >= 4 is 28.8 Å². The number of anilines is 1. The monoisotopic (exact) mass is 619 g/mol. The molecule has 236 valence electrons. The van der Waals surface area contributed by atoms with Crippen LogP contribution < -0.4 is 14.4 Å². The smallest absolute Gasteiger partial charge is 0.413 e. The number of carbonyl (C=O) groups is 2. The summed E-state index contributed by atoms with van der Waals surface area (Å²) in [6.45, 7) is 3.43. The Hall–Kier alpha value is -5.31. The van der Waals surface area contributed by atoms with Crippen molar-refractivity contribution in [2.75, 3.05) is 24.7 Å². The number of carboxylic acid groups (broad SMARTS) is 1. The van der Waals surface area contributed by atoms with Gasteiger partial charge in [-0.3, -0.25) is 9.69 Å². The first-order valence-electron chi connectivity index (χ1n) is 15.6. The summed E-state index contributed by atoms with van der Waals surface area (Å²) in [5.74, 6) is 1.71. The van der Waals surface area contributed by atoms with Gasteiger partial charge >= 0.3 is 12.1 Å². The fourth-order valence-corrected chi connectivity index (χ4v) is 5.89. The normalized spacial score (nSPS) is 13.2. The first-order valence-corrected chi connectivity index (χ1v) is 15.6. The van der Waals surface area contributed by atoms with Crippen LogP contribution in [0, 0.1) is 0 Å². The highest BCUT2D eigenvalue weighted by Gasteiger charge is 2.24. The minimum atomic E-state index is -0.976. The maximum Gasteiger partial charge on any atom is 0.413 e. The van der Waals surface area contributed by atoms with Gasteiger partial charge in [0.1, 0.15) is 23.9 Å². The maximum absolute atomic E-state index is 12.8. The Morgan fingerprint density at radius 2 is 1.78 bits per heavy atom. The Kier molecular flexibility index (Phi) is 9.48. The second-order valence-corrected chi connectivity index (χ2v) is 11.2. The molecule has 0 radical (unpaired) electrons.